The molecule has 16 heavy (non-hydrogen) atoms. The van der Waals surface area contributed by atoms with Crippen molar-refractivity contribution in [2.45, 2.75) is 6.42 Å². The van der Waals surface area contributed by atoms with Crippen LogP contribution in [0.1, 0.15) is 5.82 Å². The van der Waals surface area contributed by atoms with Gasteiger partial charge in [-0.25, -0.2) is 9.97 Å². The third-order valence-electron chi connectivity index (χ3n) is 1.86. The SMILES string of the molecule is Nc1ncnc(NCCc2ncon2)c1Cl. The molecule has 7 nitrogen and oxygen atoms in total. The van der Waals surface area contributed by atoms with Gasteiger partial charge in [-0.05, 0) is 0 Å². The Morgan fingerprint density at radius 1 is 1.38 bits per heavy atom. The van der Waals surface area contributed by atoms with E-state index in [0.717, 1.165) is 0 Å². The monoisotopic (exact) mass is 240 g/mol. The van der Waals surface area contributed by atoms with Gasteiger partial charge in [-0.1, -0.05) is 16.8 Å². The predicted octanol–water partition coefficient (Wildman–Crippen LogP) is 0.750. The van der Waals surface area contributed by atoms with Crippen molar-refractivity contribution in [2.24, 2.45) is 0 Å². The maximum Gasteiger partial charge on any atom is 0.213 e. The molecule has 2 heterocycles. The van der Waals surface area contributed by atoms with E-state index in [1.165, 1.54) is 12.7 Å². The van der Waals surface area contributed by atoms with Gasteiger partial charge < -0.3 is 15.6 Å². The van der Waals surface area contributed by atoms with E-state index in [1.54, 1.807) is 0 Å². The summed E-state index contributed by atoms with van der Waals surface area (Å²) >= 11 is 5.89. The van der Waals surface area contributed by atoms with Crippen molar-refractivity contribution in [3.63, 3.8) is 0 Å². The quantitative estimate of drug-likeness (QED) is 0.813. The van der Waals surface area contributed by atoms with Crippen LogP contribution in [0.3, 0.4) is 0 Å². The molecule has 0 amide bonds. The van der Waals surface area contributed by atoms with Crippen molar-refractivity contribution in [1.82, 2.24) is 20.1 Å². The minimum Gasteiger partial charge on any atom is -0.382 e. The molecule has 0 aliphatic heterocycles. The van der Waals surface area contributed by atoms with Gasteiger partial charge in [0.2, 0.25) is 6.39 Å². The van der Waals surface area contributed by atoms with Crippen LogP contribution in [0.25, 0.3) is 0 Å². The Hall–Kier alpha value is -1.89. The van der Waals surface area contributed by atoms with Gasteiger partial charge >= 0.3 is 0 Å². The number of nitrogen functional groups attached to an aromatic ring is 1. The second kappa shape index (κ2) is 4.75. The Kier molecular flexibility index (Phi) is 3.16. The van der Waals surface area contributed by atoms with Crippen molar-refractivity contribution in [3.8, 4) is 0 Å². The molecule has 0 bridgehead atoms. The molecule has 0 aliphatic rings. The number of nitrogens with zero attached hydrogens (tertiary/aromatic N) is 4. The van der Waals surface area contributed by atoms with Crippen LogP contribution in [0, 0.1) is 0 Å². The maximum atomic E-state index is 5.89. The Morgan fingerprint density at radius 2 is 2.25 bits per heavy atom. The summed E-state index contributed by atoms with van der Waals surface area (Å²) in [6.45, 7) is 0.579. The van der Waals surface area contributed by atoms with Crippen molar-refractivity contribution < 1.29 is 4.52 Å². The van der Waals surface area contributed by atoms with E-state index < -0.39 is 0 Å². The van der Waals surface area contributed by atoms with Gasteiger partial charge in [0.15, 0.2) is 5.82 Å². The minimum atomic E-state index is 0.249. The molecule has 8 heteroatoms. The zero-order valence-electron chi connectivity index (χ0n) is 8.22. The second-order valence-electron chi connectivity index (χ2n) is 2.95. The molecule has 0 spiro atoms. The van der Waals surface area contributed by atoms with E-state index >= 15 is 0 Å². The van der Waals surface area contributed by atoms with Gasteiger partial charge in [-0.2, -0.15) is 4.98 Å². The molecule has 2 rings (SSSR count). The van der Waals surface area contributed by atoms with Crippen LogP contribution in [0.5, 0.6) is 0 Å². The van der Waals surface area contributed by atoms with Gasteiger partial charge in [0.25, 0.3) is 0 Å². The zero-order valence-corrected chi connectivity index (χ0v) is 8.98. The standard InChI is InChI=1S/C8H9ClN6O/c9-6-7(10)12-3-13-8(6)11-2-1-5-14-4-16-15-5/h3-4H,1-2H2,(H3,10,11,12,13). The Bertz CT molecular complexity index is 460. The molecule has 0 radical (unpaired) electrons. The third kappa shape index (κ3) is 2.37. The summed E-state index contributed by atoms with van der Waals surface area (Å²) in [5, 5.41) is 6.99. The van der Waals surface area contributed by atoms with Gasteiger partial charge in [0, 0.05) is 13.0 Å². The number of aromatic nitrogens is 4. The van der Waals surface area contributed by atoms with E-state index in [9.17, 15) is 0 Å². The van der Waals surface area contributed by atoms with Crippen LogP contribution in [-0.4, -0.2) is 26.7 Å². The summed E-state index contributed by atoms with van der Waals surface area (Å²) in [6.07, 6.45) is 3.24. The summed E-state index contributed by atoms with van der Waals surface area (Å²) in [6, 6.07) is 0. The first-order valence-corrected chi connectivity index (χ1v) is 4.90. The average molecular weight is 241 g/mol. The smallest absolute Gasteiger partial charge is 0.213 e. The highest BCUT2D eigenvalue weighted by atomic mass is 35.5. The lowest BCUT2D eigenvalue weighted by atomic mass is 10.4. The van der Waals surface area contributed by atoms with Gasteiger partial charge in [-0.15, -0.1) is 0 Å². The number of nitrogens with one attached hydrogen (secondary N) is 1. The number of hydrogen-bond donors (Lipinski definition) is 2. The van der Waals surface area contributed by atoms with Crippen molar-refractivity contribution in [2.75, 3.05) is 17.6 Å². The lowest BCUT2D eigenvalue weighted by Gasteiger charge is -2.06. The van der Waals surface area contributed by atoms with E-state index in [2.05, 4.69) is 29.9 Å². The van der Waals surface area contributed by atoms with Crippen LogP contribution in [-0.2, 0) is 6.42 Å². The lowest BCUT2D eigenvalue weighted by Crippen LogP contribution is -2.08. The van der Waals surface area contributed by atoms with E-state index in [0.29, 0.717) is 29.6 Å². The van der Waals surface area contributed by atoms with Crippen LogP contribution in [0.2, 0.25) is 5.02 Å². The number of rotatable bonds is 4. The van der Waals surface area contributed by atoms with Crippen LogP contribution < -0.4 is 11.1 Å². The molecule has 0 saturated carbocycles. The van der Waals surface area contributed by atoms with Crippen molar-refractivity contribution in [3.05, 3.63) is 23.6 Å². The van der Waals surface area contributed by atoms with Crippen LogP contribution >= 0.6 is 11.6 Å². The summed E-state index contributed by atoms with van der Waals surface area (Å²) in [5.74, 6) is 1.36. The second-order valence-corrected chi connectivity index (χ2v) is 3.32. The molecular formula is C8H9ClN6O. The molecule has 0 aromatic carbocycles. The first-order chi connectivity index (χ1) is 7.77. The molecule has 2 aromatic heterocycles. The van der Waals surface area contributed by atoms with E-state index in [1.807, 2.05) is 0 Å². The minimum absolute atomic E-state index is 0.249. The van der Waals surface area contributed by atoms with E-state index in [4.69, 9.17) is 17.3 Å². The van der Waals surface area contributed by atoms with Crippen LogP contribution in [0.4, 0.5) is 11.6 Å². The molecule has 84 valence electrons. The first-order valence-electron chi connectivity index (χ1n) is 4.52. The molecule has 0 fully saturated rings. The summed E-state index contributed by atoms with van der Waals surface area (Å²) in [5.41, 5.74) is 5.52. The highest BCUT2D eigenvalue weighted by Gasteiger charge is 2.06. The molecule has 0 saturated heterocycles. The first kappa shape index (κ1) is 10.6. The number of halogens is 1. The van der Waals surface area contributed by atoms with Gasteiger partial charge in [-0.3, -0.25) is 0 Å². The molecule has 0 aliphatic carbocycles. The maximum absolute atomic E-state index is 5.89. The van der Waals surface area contributed by atoms with Gasteiger partial charge in [0.05, 0.1) is 0 Å². The highest BCUT2D eigenvalue weighted by Crippen LogP contribution is 2.22. The number of anilines is 2. The third-order valence-corrected chi connectivity index (χ3v) is 2.24. The van der Waals surface area contributed by atoms with Crippen molar-refractivity contribution in [1.29, 1.82) is 0 Å². The lowest BCUT2D eigenvalue weighted by molar-refractivity contribution is 0.410. The summed E-state index contributed by atoms with van der Waals surface area (Å²) < 4.78 is 4.60. The van der Waals surface area contributed by atoms with Crippen LogP contribution in [0.15, 0.2) is 17.2 Å². The number of nitrogens with two attached hydrogens (primary N) is 1. The topological polar surface area (TPSA) is 103 Å². The fraction of sp³-hybridized carbons (Fsp3) is 0.250. The number of hydrogen-bond acceptors (Lipinski definition) is 7. The zero-order chi connectivity index (χ0) is 11.4. The largest absolute Gasteiger partial charge is 0.382 e. The average Bonchev–Trinajstić information content (AvgIpc) is 2.77. The predicted molar refractivity (Wildman–Crippen MR) is 57.9 cm³/mol. The molecule has 3 N–H and O–H groups in total. The highest BCUT2D eigenvalue weighted by molar-refractivity contribution is 6.35. The van der Waals surface area contributed by atoms with Crippen molar-refractivity contribution >= 4 is 23.2 Å². The van der Waals surface area contributed by atoms with E-state index in [-0.39, 0.29) is 5.82 Å². The summed E-state index contributed by atoms with van der Waals surface area (Å²) in [7, 11) is 0. The fourth-order valence-electron chi connectivity index (χ4n) is 1.10. The Labute approximate surface area is 96.0 Å². The Balaban J connectivity index is 1.92. The molecule has 0 atom stereocenters. The van der Waals surface area contributed by atoms with Gasteiger partial charge in [0.1, 0.15) is 23.0 Å². The Morgan fingerprint density at radius 3 is 3.00 bits per heavy atom. The fourth-order valence-corrected chi connectivity index (χ4v) is 1.27. The normalized spacial score (nSPS) is 10.3. The summed E-state index contributed by atoms with van der Waals surface area (Å²) in [4.78, 5) is 11.6. The molecule has 2 aromatic rings. The molecule has 0 unspecified atom stereocenters. The molecular weight excluding hydrogens is 232 g/mol.